The van der Waals surface area contributed by atoms with Crippen LogP contribution in [0.25, 0.3) is 0 Å². The van der Waals surface area contributed by atoms with Crippen molar-refractivity contribution >= 4 is 43.2 Å². The lowest BCUT2D eigenvalue weighted by molar-refractivity contribution is -0.117. The van der Waals surface area contributed by atoms with E-state index in [-0.39, 0.29) is 22.0 Å². The van der Waals surface area contributed by atoms with Gasteiger partial charge in [-0.25, -0.2) is 17.2 Å². The van der Waals surface area contributed by atoms with E-state index in [9.17, 15) is 22.0 Å². The Morgan fingerprint density at radius 1 is 1.12 bits per heavy atom. The van der Waals surface area contributed by atoms with Crippen LogP contribution in [-0.4, -0.2) is 14.3 Å². The maximum Gasteiger partial charge on any atom is 0.265 e. The first-order valence-electron chi connectivity index (χ1n) is 7.34. The summed E-state index contributed by atoms with van der Waals surface area (Å²) in [6.07, 6.45) is 1.69. The SMILES string of the molecule is O=C(Nc1cccc(NS(=O)(=O)c2c(F)cc(F)cc2Br)c1)C1CC1. The average molecular weight is 431 g/mol. The topological polar surface area (TPSA) is 75.3 Å². The summed E-state index contributed by atoms with van der Waals surface area (Å²) >= 11 is 2.86. The van der Waals surface area contributed by atoms with Gasteiger partial charge in [0, 0.05) is 22.1 Å². The molecule has 25 heavy (non-hydrogen) atoms. The van der Waals surface area contributed by atoms with Gasteiger partial charge >= 0.3 is 0 Å². The van der Waals surface area contributed by atoms with Crippen molar-refractivity contribution in [3.63, 3.8) is 0 Å². The highest BCUT2D eigenvalue weighted by Crippen LogP contribution is 2.31. The molecule has 0 radical (unpaired) electrons. The molecule has 0 atom stereocenters. The van der Waals surface area contributed by atoms with Gasteiger partial charge in [-0.1, -0.05) is 6.07 Å². The quantitative estimate of drug-likeness (QED) is 0.755. The number of hydrogen-bond acceptors (Lipinski definition) is 3. The molecule has 1 aliphatic rings. The molecule has 0 unspecified atom stereocenters. The fraction of sp³-hybridized carbons (Fsp3) is 0.188. The van der Waals surface area contributed by atoms with Gasteiger partial charge < -0.3 is 5.32 Å². The lowest BCUT2D eigenvalue weighted by Gasteiger charge is -2.12. The Kier molecular flexibility index (Phi) is 4.79. The van der Waals surface area contributed by atoms with Gasteiger partial charge in [-0.15, -0.1) is 0 Å². The molecule has 0 bridgehead atoms. The number of rotatable bonds is 5. The van der Waals surface area contributed by atoms with Gasteiger partial charge in [0.1, 0.15) is 16.5 Å². The molecule has 9 heteroatoms. The van der Waals surface area contributed by atoms with Crippen molar-refractivity contribution in [2.45, 2.75) is 17.7 Å². The van der Waals surface area contributed by atoms with Crippen molar-refractivity contribution in [3.05, 3.63) is 52.5 Å². The van der Waals surface area contributed by atoms with Crippen molar-refractivity contribution in [2.75, 3.05) is 10.0 Å². The molecular weight excluding hydrogens is 418 g/mol. The standard InChI is InChI=1S/C16H13BrF2N2O3S/c17-13-6-10(18)7-14(19)15(13)25(23,24)21-12-3-1-2-11(8-12)20-16(22)9-4-5-9/h1-3,6-9,21H,4-5H2,(H,20,22). The summed E-state index contributed by atoms with van der Waals surface area (Å²) in [7, 11) is -4.29. The highest BCUT2D eigenvalue weighted by atomic mass is 79.9. The lowest BCUT2D eigenvalue weighted by atomic mass is 10.2. The zero-order chi connectivity index (χ0) is 18.2. The fourth-order valence-electron chi connectivity index (χ4n) is 2.24. The third-order valence-electron chi connectivity index (χ3n) is 3.56. The molecule has 0 spiro atoms. The van der Waals surface area contributed by atoms with E-state index in [4.69, 9.17) is 0 Å². The van der Waals surface area contributed by atoms with E-state index in [0.717, 1.165) is 18.9 Å². The number of hydrogen-bond donors (Lipinski definition) is 2. The Balaban J connectivity index is 1.85. The third-order valence-corrected chi connectivity index (χ3v) is 5.91. The van der Waals surface area contributed by atoms with Crippen LogP contribution in [0.15, 0.2) is 45.8 Å². The fourth-order valence-corrected chi connectivity index (χ4v) is 4.46. The van der Waals surface area contributed by atoms with Gasteiger partial charge in [0.05, 0.1) is 5.69 Å². The van der Waals surface area contributed by atoms with Crippen LogP contribution in [0.1, 0.15) is 12.8 Å². The van der Waals surface area contributed by atoms with Crippen molar-refractivity contribution in [1.29, 1.82) is 0 Å². The van der Waals surface area contributed by atoms with Crippen molar-refractivity contribution in [1.82, 2.24) is 0 Å². The van der Waals surface area contributed by atoms with Gasteiger partial charge in [0.25, 0.3) is 10.0 Å². The first kappa shape index (κ1) is 17.8. The maximum absolute atomic E-state index is 13.9. The minimum absolute atomic E-state index is 0.00427. The summed E-state index contributed by atoms with van der Waals surface area (Å²) in [6.45, 7) is 0. The largest absolute Gasteiger partial charge is 0.326 e. The second-order valence-electron chi connectivity index (χ2n) is 5.65. The molecular formula is C16H13BrF2N2O3S. The molecule has 2 N–H and O–H groups in total. The Hall–Kier alpha value is -2.00. The summed E-state index contributed by atoms with van der Waals surface area (Å²) in [5.74, 6) is -2.22. The number of nitrogens with one attached hydrogen (secondary N) is 2. The number of carbonyl (C=O) groups is 1. The van der Waals surface area contributed by atoms with E-state index >= 15 is 0 Å². The van der Waals surface area contributed by atoms with Gasteiger partial charge in [-0.3, -0.25) is 9.52 Å². The number of halogens is 3. The van der Waals surface area contributed by atoms with Crippen molar-refractivity contribution < 1.29 is 22.0 Å². The number of amides is 1. The summed E-state index contributed by atoms with van der Waals surface area (Å²) in [5, 5.41) is 2.69. The molecule has 3 rings (SSSR count). The first-order chi connectivity index (χ1) is 11.8. The Morgan fingerprint density at radius 2 is 1.80 bits per heavy atom. The van der Waals surface area contributed by atoms with Crippen LogP contribution >= 0.6 is 15.9 Å². The second-order valence-corrected chi connectivity index (χ2v) is 8.12. The summed E-state index contributed by atoms with van der Waals surface area (Å²) in [4.78, 5) is 11.1. The predicted octanol–water partition coefficient (Wildman–Crippen LogP) is 3.88. The smallest absolute Gasteiger partial charge is 0.265 e. The summed E-state index contributed by atoms with van der Waals surface area (Å²) < 4.78 is 53.9. The van der Waals surface area contributed by atoms with E-state index in [1.165, 1.54) is 12.1 Å². The van der Waals surface area contributed by atoms with E-state index in [2.05, 4.69) is 26.0 Å². The highest BCUT2D eigenvalue weighted by Gasteiger charge is 2.29. The number of anilines is 2. The van der Waals surface area contributed by atoms with Crippen LogP contribution in [0.5, 0.6) is 0 Å². The predicted molar refractivity (Wildman–Crippen MR) is 92.7 cm³/mol. The molecule has 0 saturated heterocycles. The zero-order valence-electron chi connectivity index (χ0n) is 12.7. The first-order valence-corrected chi connectivity index (χ1v) is 9.62. The van der Waals surface area contributed by atoms with E-state index in [1.54, 1.807) is 12.1 Å². The zero-order valence-corrected chi connectivity index (χ0v) is 15.1. The maximum atomic E-state index is 13.9. The average Bonchev–Trinajstić information content (AvgIpc) is 3.29. The Morgan fingerprint density at radius 3 is 2.44 bits per heavy atom. The molecule has 0 heterocycles. The highest BCUT2D eigenvalue weighted by molar-refractivity contribution is 9.10. The summed E-state index contributed by atoms with van der Waals surface area (Å²) in [6, 6.07) is 7.41. The molecule has 5 nitrogen and oxygen atoms in total. The van der Waals surface area contributed by atoms with E-state index in [1.807, 2.05) is 0 Å². The molecule has 1 aliphatic carbocycles. The van der Waals surface area contributed by atoms with Crippen LogP contribution in [0.4, 0.5) is 20.2 Å². The van der Waals surface area contributed by atoms with Crippen molar-refractivity contribution in [3.8, 4) is 0 Å². The van der Waals surface area contributed by atoms with Crippen LogP contribution in [-0.2, 0) is 14.8 Å². The molecule has 1 saturated carbocycles. The second kappa shape index (κ2) is 6.72. The van der Waals surface area contributed by atoms with Crippen molar-refractivity contribution in [2.24, 2.45) is 5.92 Å². The van der Waals surface area contributed by atoms with Gasteiger partial charge in [0.15, 0.2) is 0 Å². The van der Waals surface area contributed by atoms with Crippen LogP contribution < -0.4 is 10.0 Å². The lowest BCUT2D eigenvalue weighted by Crippen LogP contribution is -2.16. The normalized spacial score (nSPS) is 14.2. The Bertz CT molecular complexity index is 923. The molecule has 0 aliphatic heterocycles. The molecule has 2 aromatic carbocycles. The molecule has 132 valence electrons. The van der Waals surface area contributed by atoms with E-state index < -0.39 is 26.6 Å². The molecule has 1 amide bonds. The van der Waals surface area contributed by atoms with Crippen LogP contribution in [0.3, 0.4) is 0 Å². The number of benzene rings is 2. The van der Waals surface area contributed by atoms with Gasteiger partial charge in [-0.2, -0.15) is 0 Å². The minimum atomic E-state index is -4.29. The Labute approximate surface area is 151 Å². The van der Waals surface area contributed by atoms with Gasteiger partial charge in [-0.05, 0) is 53.0 Å². The summed E-state index contributed by atoms with van der Waals surface area (Å²) in [5.41, 5.74) is 0.569. The molecule has 2 aromatic rings. The molecule has 1 fully saturated rings. The number of carbonyl (C=O) groups excluding carboxylic acids is 1. The van der Waals surface area contributed by atoms with E-state index in [0.29, 0.717) is 11.8 Å². The molecule has 0 aromatic heterocycles. The minimum Gasteiger partial charge on any atom is -0.326 e. The monoisotopic (exact) mass is 430 g/mol. The van der Waals surface area contributed by atoms with Crippen LogP contribution in [0, 0.1) is 17.6 Å². The van der Waals surface area contributed by atoms with Crippen LogP contribution in [0.2, 0.25) is 0 Å². The van der Waals surface area contributed by atoms with Gasteiger partial charge in [0.2, 0.25) is 5.91 Å². The number of sulfonamides is 1. The third kappa shape index (κ3) is 4.16.